The lowest BCUT2D eigenvalue weighted by atomic mass is 10.0. The van der Waals surface area contributed by atoms with Gasteiger partial charge in [-0.05, 0) is 19.1 Å². The van der Waals surface area contributed by atoms with Crippen LogP contribution in [0.2, 0.25) is 0 Å². The van der Waals surface area contributed by atoms with E-state index in [2.05, 4.69) is 0 Å². The third kappa shape index (κ3) is 1.35. The molecule has 17 heavy (non-hydrogen) atoms. The van der Waals surface area contributed by atoms with Crippen molar-refractivity contribution in [3.63, 3.8) is 0 Å². The quantitative estimate of drug-likeness (QED) is 0.702. The molecule has 0 fully saturated rings. The molecule has 3 rings (SSSR count). The van der Waals surface area contributed by atoms with Gasteiger partial charge < -0.3 is 4.42 Å². The molecule has 0 unspecified atom stereocenters. The topological polar surface area (TPSA) is 47.3 Å². The first-order valence-corrected chi connectivity index (χ1v) is 5.42. The molecular formula is C14H10O3. The van der Waals surface area contributed by atoms with Gasteiger partial charge >= 0.3 is 0 Å². The van der Waals surface area contributed by atoms with Crippen LogP contribution < -0.4 is 0 Å². The summed E-state index contributed by atoms with van der Waals surface area (Å²) in [4.78, 5) is 24.3. The van der Waals surface area contributed by atoms with Gasteiger partial charge in [0.1, 0.15) is 17.4 Å². The number of aryl methyl sites for hydroxylation is 1. The van der Waals surface area contributed by atoms with Gasteiger partial charge in [0, 0.05) is 11.1 Å². The fourth-order valence-corrected chi connectivity index (χ4v) is 2.21. The van der Waals surface area contributed by atoms with Crippen LogP contribution in [-0.4, -0.2) is 11.6 Å². The number of fused-ring (bicyclic) bond motifs is 1. The van der Waals surface area contributed by atoms with Gasteiger partial charge in [-0.15, -0.1) is 0 Å². The van der Waals surface area contributed by atoms with Gasteiger partial charge in [0.2, 0.25) is 0 Å². The second kappa shape index (κ2) is 3.42. The number of ketones is 2. The van der Waals surface area contributed by atoms with Crippen LogP contribution in [0.5, 0.6) is 0 Å². The molecule has 0 radical (unpaired) electrons. The van der Waals surface area contributed by atoms with Gasteiger partial charge in [-0.1, -0.05) is 24.3 Å². The molecule has 0 amide bonds. The molecule has 2 aromatic rings. The van der Waals surface area contributed by atoms with Crippen molar-refractivity contribution >= 4 is 11.6 Å². The molecule has 1 aliphatic rings. The Labute approximate surface area is 98.1 Å². The van der Waals surface area contributed by atoms with E-state index in [1.165, 1.54) is 0 Å². The van der Waals surface area contributed by atoms with Gasteiger partial charge in [0.05, 0.1) is 0 Å². The highest BCUT2D eigenvalue weighted by Crippen LogP contribution is 2.34. The first kappa shape index (κ1) is 10.0. The number of benzene rings is 1. The Bertz CT molecular complexity index is 587. The Morgan fingerprint density at radius 1 is 0.941 bits per heavy atom. The molecule has 0 aliphatic heterocycles. The lowest BCUT2D eigenvalue weighted by Gasteiger charge is -2.01. The van der Waals surface area contributed by atoms with Gasteiger partial charge in [-0.3, -0.25) is 9.59 Å². The number of hydrogen-bond acceptors (Lipinski definition) is 3. The van der Waals surface area contributed by atoms with Crippen molar-refractivity contribution in [2.75, 3.05) is 0 Å². The molecule has 1 heterocycles. The third-order valence-electron chi connectivity index (χ3n) is 3.03. The van der Waals surface area contributed by atoms with Gasteiger partial charge in [-0.2, -0.15) is 0 Å². The molecule has 0 atom stereocenters. The molecule has 1 aliphatic carbocycles. The predicted molar refractivity (Wildman–Crippen MR) is 61.3 cm³/mol. The maximum absolute atomic E-state index is 12.1. The van der Waals surface area contributed by atoms with E-state index in [1.807, 2.05) is 0 Å². The average Bonchev–Trinajstić information content (AvgIpc) is 2.84. The molecule has 0 bridgehead atoms. The molecule has 3 nitrogen and oxygen atoms in total. The summed E-state index contributed by atoms with van der Waals surface area (Å²) in [5.41, 5.74) is 0.994. The van der Waals surface area contributed by atoms with E-state index in [0.29, 0.717) is 22.6 Å². The van der Waals surface area contributed by atoms with Crippen LogP contribution >= 0.6 is 0 Å². The minimum Gasteiger partial charge on any atom is -0.465 e. The van der Waals surface area contributed by atoms with Crippen molar-refractivity contribution in [2.24, 2.45) is 0 Å². The van der Waals surface area contributed by atoms with E-state index in [-0.39, 0.29) is 11.6 Å². The molecule has 1 aromatic carbocycles. The summed E-state index contributed by atoms with van der Waals surface area (Å²) < 4.78 is 5.40. The van der Waals surface area contributed by atoms with Crippen molar-refractivity contribution < 1.29 is 14.0 Å². The van der Waals surface area contributed by atoms with Crippen LogP contribution in [-0.2, 0) is 0 Å². The van der Waals surface area contributed by atoms with E-state index < -0.39 is 5.92 Å². The van der Waals surface area contributed by atoms with Crippen LogP contribution in [0.4, 0.5) is 0 Å². The number of carbonyl (C=O) groups excluding carboxylic acids is 2. The minimum absolute atomic E-state index is 0.167. The molecule has 0 spiro atoms. The summed E-state index contributed by atoms with van der Waals surface area (Å²) in [6.45, 7) is 1.79. The van der Waals surface area contributed by atoms with Crippen molar-refractivity contribution in [1.82, 2.24) is 0 Å². The number of hydrogen-bond donors (Lipinski definition) is 0. The minimum atomic E-state index is -0.791. The summed E-state index contributed by atoms with van der Waals surface area (Å²) in [6, 6.07) is 10.4. The Morgan fingerprint density at radius 3 is 2.00 bits per heavy atom. The van der Waals surface area contributed by atoms with Gasteiger partial charge in [0.15, 0.2) is 11.6 Å². The molecule has 0 saturated carbocycles. The highest BCUT2D eigenvalue weighted by atomic mass is 16.3. The van der Waals surface area contributed by atoms with Crippen LogP contribution in [0.1, 0.15) is 38.2 Å². The summed E-state index contributed by atoms with van der Waals surface area (Å²) in [6.07, 6.45) is 0. The second-order valence-corrected chi connectivity index (χ2v) is 4.16. The fourth-order valence-electron chi connectivity index (χ4n) is 2.21. The zero-order valence-electron chi connectivity index (χ0n) is 9.27. The summed E-state index contributed by atoms with van der Waals surface area (Å²) in [5.74, 6) is 0.0197. The number of furan rings is 1. The summed E-state index contributed by atoms with van der Waals surface area (Å²) >= 11 is 0. The first-order valence-electron chi connectivity index (χ1n) is 5.42. The predicted octanol–water partition coefficient (Wildman–Crippen LogP) is 2.75. The number of rotatable bonds is 1. The highest BCUT2D eigenvalue weighted by molar-refractivity contribution is 6.29. The van der Waals surface area contributed by atoms with Crippen molar-refractivity contribution in [1.29, 1.82) is 0 Å². The highest BCUT2D eigenvalue weighted by Gasteiger charge is 2.41. The van der Waals surface area contributed by atoms with E-state index in [4.69, 9.17) is 4.42 Å². The third-order valence-corrected chi connectivity index (χ3v) is 3.03. The lowest BCUT2D eigenvalue weighted by molar-refractivity contribution is 0.0877. The summed E-state index contributed by atoms with van der Waals surface area (Å²) in [5, 5.41) is 0. The van der Waals surface area contributed by atoms with E-state index in [9.17, 15) is 9.59 Å². The van der Waals surface area contributed by atoms with Crippen LogP contribution in [0.15, 0.2) is 40.8 Å². The normalized spacial score (nSPS) is 15.4. The van der Waals surface area contributed by atoms with E-state index in [0.717, 1.165) is 0 Å². The average molecular weight is 226 g/mol. The van der Waals surface area contributed by atoms with E-state index >= 15 is 0 Å². The standard InChI is InChI=1S/C14H10O3/c1-8-6-7-11(17-8)12-13(15)9-4-2-3-5-10(9)14(12)16/h2-7,12H,1H3. The zero-order chi connectivity index (χ0) is 12.0. The SMILES string of the molecule is Cc1ccc(C2C(=O)c3ccccc3C2=O)o1. The first-order chi connectivity index (χ1) is 8.18. The van der Waals surface area contributed by atoms with Gasteiger partial charge in [0.25, 0.3) is 0 Å². The molecular weight excluding hydrogens is 216 g/mol. The lowest BCUT2D eigenvalue weighted by Crippen LogP contribution is -2.11. The van der Waals surface area contributed by atoms with Gasteiger partial charge in [-0.25, -0.2) is 0 Å². The smallest absolute Gasteiger partial charge is 0.182 e. The molecule has 1 aromatic heterocycles. The maximum Gasteiger partial charge on any atom is 0.182 e. The number of Topliss-reactive ketones (excluding diaryl/α,β-unsaturated/α-hetero) is 2. The molecule has 84 valence electrons. The number of carbonyl (C=O) groups is 2. The van der Waals surface area contributed by atoms with Crippen molar-refractivity contribution in [2.45, 2.75) is 12.8 Å². The van der Waals surface area contributed by atoms with Crippen LogP contribution in [0.25, 0.3) is 0 Å². The monoisotopic (exact) mass is 226 g/mol. The Hall–Kier alpha value is -2.16. The van der Waals surface area contributed by atoms with Crippen LogP contribution in [0, 0.1) is 6.92 Å². The second-order valence-electron chi connectivity index (χ2n) is 4.16. The Morgan fingerprint density at radius 2 is 1.53 bits per heavy atom. The largest absolute Gasteiger partial charge is 0.465 e. The Kier molecular flexibility index (Phi) is 2.01. The molecule has 3 heteroatoms. The molecule has 0 N–H and O–H groups in total. The van der Waals surface area contributed by atoms with Crippen LogP contribution in [0.3, 0.4) is 0 Å². The fraction of sp³-hybridized carbons (Fsp3) is 0.143. The van der Waals surface area contributed by atoms with E-state index in [1.54, 1.807) is 43.3 Å². The van der Waals surface area contributed by atoms with Crippen molar-refractivity contribution in [3.8, 4) is 0 Å². The van der Waals surface area contributed by atoms with Crippen molar-refractivity contribution in [3.05, 3.63) is 59.0 Å². The maximum atomic E-state index is 12.1. The Balaban J connectivity index is 2.12. The summed E-state index contributed by atoms with van der Waals surface area (Å²) in [7, 11) is 0. The zero-order valence-corrected chi connectivity index (χ0v) is 9.27. The molecule has 0 saturated heterocycles.